The van der Waals surface area contributed by atoms with Crippen molar-refractivity contribution in [2.45, 2.75) is 44.6 Å². The van der Waals surface area contributed by atoms with E-state index in [4.69, 9.17) is 11.6 Å². The molecule has 0 atom stereocenters. The molecule has 0 amide bonds. The molecule has 2 aliphatic carbocycles. The van der Waals surface area contributed by atoms with Gasteiger partial charge in [0.1, 0.15) is 5.82 Å². The molecule has 4 rings (SSSR count). The highest BCUT2D eigenvalue weighted by Gasteiger charge is 2.27. The second-order valence-electron chi connectivity index (χ2n) is 6.28. The number of anilines is 3. The SMILES string of the molecule is Cc1cc(Nc2cc(C3CC3)nc(NC3CC3)n2)ccc1Cl. The third-order valence-corrected chi connectivity index (χ3v) is 4.51. The zero-order valence-corrected chi connectivity index (χ0v) is 13.3. The molecule has 2 aromatic rings. The molecule has 1 aromatic heterocycles. The highest BCUT2D eigenvalue weighted by molar-refractivity contribution is 6.31. The maximum atomic E-state index is 6.08. The summed E-state index contributed by atoms with van der Waals surface area (Å²) in [6.45, 7) is 2.00. The molecular weight excluding hydrogens is 296 g/mol. The maximum Gasteiger partial charge on any atom is 0.225 e. The van der Waals surface area contributed by atoms with Gasteiger partial charge in [-0.05, 0) is 56.4 Å². The molecule has 0 radical (unpaired) electrons. The molecule has 0 bridgehead atoms. The van der Waals surface area contributed by atoms with Crippen molar-refractivity contribution in [3.8, 4) is 0 Å². The number of rotatable bonds is 5. The summed E-state index contributed by atoms with van der Waals surface area (Å²) in [4.78, 5) is 9.27. The molecule has 0 spiro atoms. The number of hydrogen-bond acceptors (Lipinski definition) is 4. The van der Waals surface area contributed by atoms with Crippen molar-refractivity contribution in [3.05, 3.63) is 40.5 Å². The first-order valence-electron chi connectivity index (χ1n) is 7.86. The van der Waals surface area contributed by atoms with Crippen LogP contribution in [0.5, 0.6) is 0 Å². The first kappa shape index (κ1) is 13.8. The van der Waals surface area contributed by atoms with Gasteiger partial charge in [0.25, 0.3) is 0 Å². The third kappa shape index (κ3) is 3.17. The van der Waals surface area contributed by atoms with Gasteiger partial charge < -0.3 is 10.6 Å². The number of nitrogens with one attached hydrogen (secondary N) is 2. The Kier molecular flexibility index (Phi) is 3.41. The molecule has 2 fully saturated rings. The van der Waals surface area contributed by atoms with Gasteiger partial charge in [-0.1, -0.05) is 11.6 Å². The van der Waals surface area contributed by atoms with Crippen molar-refractivity contribution in [2.24, 2.45) is 0 Å². The number of benzene rings is 1. The molecule has 22 heavy (non-hydrogen) atoms. The van der Waals surface area contributed by atoms with E-state index in [0.717, 1.165) is 33.7 Å². The monoisotopic (exact) mass is 314 g/mol. The molecule has 1 heterocycles. The van der Waals surface area contributed by atoms with E-state index in [1.165, 1.54) is 25.7 Å². The zero-order chi connectivity index (χ0) is 15.1. The van der Waals surface area contributed by atoms with Crippen molar-refractivity contribution in [1.29, 1.82) is 0 Å². The van der Waals surface area contributed by atoms with Crippen LogP contribution in [0.2, 0.25) is 5.02 Å². The molecule has 0 unspecified atom stereocenters. The van der Waals surface area contributed by atoms with Gasteiger partial charge in [0, 0.05) is 28.7 Å². The van der Waals surface area contributed by atoms with Crippen molar-refractivity contribution in [1.82, 2.24) is 9.97 Å². The molecule has 114 valence electrons. The van der Waals surface area contributed by atoms with Crippen molar-refractivity contribution < 1.29 is 0 Å². The summed E-state index contributed by atoms with van der Waals surface area (Å²) in [6, 6.07) is 8.54. The summed E-state index contributed by atoms with van der Waals surface area (Å²) in [5.41, 5.74) is 3.20. The average Bonchev–Trinajstić information content (AvgIpc) is 3.35. The minimum Gasteiger partial charge on any atom is -0.351 e. The maximum absolute atomic E-state index is 6.08. The Balaban J connectivity index is 1.61. The van der Waals surface area contributed by atoms with Crippen LogP contribution in [0.3, 0.4) is 0 Å². The first-order chi connectivity index (χ1) is 10.7. The van der Waals surface area contributed by atoms with Crippen LogP contribution >= 0.6 is 11.6 Å². The highest BCUT2D eigenvalue weighted by atomic mass is 35.5. The lowest BCUT2D eigenvalue weighted by molar-refractivity contribution is 0.968. The van der Waals surface area contributed by atoms with Gasteiger partial charge in [0.15, 0.2) is 0 Å². The molecule has 1 aromatic carbocycles. The fourth-order valence-electron chi connectivity index (χ4n) is 2.46. The van der Waals surface area contributed by atoms with E-state index in [-0.39, 0.29) is 0 Å². The summed E-state index contributed by atoms with van der Waals surface area (Å²) in [5.74, 6) is 2.21. The van der Waals surface area contributed by atoms with E-state index in [1.54, 1.807) is 0 Å². The number of hydrogen-bond donors (Lipinski definition) is 2. The molecule has 4 nitrogen and oxygen atoms in total. The minimum atomic E-state index is 0.556. The summed E-state index contributed by atoms with van der Waals surface area (Å²) in [7, 11) is 0. The molecule has 0 saturated heterocycles. The van der Waals surface area contributed by atoms with Gasteiger partial charge in [-0.25, -0.2) is 4.98 Å². The predicted molar refractivity (Wildman–Crippen MR) is 90.1 cm³/mol. The van der Waals surface area contributed by atoms with E-state index in [1.807, 2.05) is 25.1 Å². The van der Waals surface area contributed by atoms with Crippen LogP contribution in [0.25, 0.3) is 0 Å². The van der Waals surface area contributed by atoms with E-state index in [2.05, 4.69) is 26.7 Å². The Bertz CT molecular complexity index is 708. The van der Waals surface area contributed by atoms with Crippen LogP contribution in [0.1, 0.15) is 42.9 Å². The fourth-order valence-corrected chi connectivity index (χ4v) is 2.58. The normalized spacial score (nSPS) is 17.4. The second-order valence-corrected chi connectivity index (χ2v) is 6.69. The summed E-state index contributed by atoms with van der Waals surface area (Å²) in [6.07, 6.45) is 4.91. The van der Waals surface area contributed by atoms with Crippen LogP contribution in [-0.2, 0) is 0 Å². The summed E-state index contributed by atoms with van der Waals surface area (Å²) < 4.78 is 0. The van der Waals surface area contributed by atoms with Crippen LogP contribution in [0, 0.1) is 6.92 Å². The number of aromatic nitrogens is 2. The lowest BCUT2D eigenvalue weighted by atomic mass is 10.2. The number of aryl methyl sites for hydroxylation is 1. The van der Waals surface area contributed by atoms with E-state index >= 15 is 0 Å². The van der Waals surface area contributed by atoms with Gasteiger partial charge in [0.05, 0.1) is 5.69 Å². The molecule has 0 aliphatic heterocycles. The second kappa shape index (κ2) is 5.43. The Hall–Kier alpha value is -1.81. The topological polar surface area (TPSA) is 49.8 Å². The minimum absolute atomic E-state index is 0.556. The Morgan fingerprint density at radius 2 is 1.91 bits per heavy atom. The summed E-state index contributed by atoms with van der Waals surface area (Å²) in [5, 5.41) is 7.56. The number of nitrogens with zero attached hydrogens (tertiary/aromatic N) is 2. The van der Waals surface area contributed by atoms with Gasteiger partial charge in [-0.2, -0.15) is 4.98 Å². The first-order valence-corrected chi connectivity index (χ1v) is 8.24. The quantitative estimate of drug-likeness (QED) is 0.844. The molecule has 2 aliphatic rings. The Labute approximate surface area is 135 Å². The van der Waals surface area contributed by atoms with E-state index in [9.17, 15) is 0 Å². The van der Waals surface area contributed by atoms with Crippen LogP contribution in [-0.4, -0.2) is 16.0 Å². The Morgan fingerprint density at radius 3 is 2.59 bits per heavy atom. The van der Waals surface area contributed by atoms with Crippen molar-refractivity contribution >= 4 is 29.1 Å². The molecular formula is C17H19ClN4. The smallest absolute Gasteiger partial charge is 0.225 e. The van der Waals surface area contributed by atoms with Crippen LogP contribution in [0.15, 0.2) is 24.3 Å². The Morgan fingerprint density at radius 1 is 1.09 bits per heavy atom. The number of halogens is 1. The fraction of sp³-hybridized carbons (Fsp3) is 0.412. The van der Waals surface area contributed by atoms with E-state index in [0.29, 0.717) is 12.0 Å². The lowest BCUT2D eigenvalue weighted by Crippen LogP contribution is -2.08. The largest absolute Gasteiger partial charge is 0.351 e. The third-order valence-electron chi connectivity index (χ3n) is 4.08. The van der Waals surface area contributed by atoms with Crippen LogP contribution < -0.4 is 10.6 Å². The molecule has 2 saturated carbocycles. The standard InChI is InChI=1S/C17H19ClN4/c1-10-8-13(6-7-14(10)18)19-16-9-15(11-2-3-11)21-17(22-16)20-12-4-5-12/h6-9,11-12H,2-5H2,1H3,(H2,19,20,21,22). The average molecular weight is 315 g/mol. The molecule has 5 heteroatoms. The zero-order valence-electron chi connectivity index (χ0n) is 12.6. The molecule has 2 N–H and O–H groups in total. The van der Waals surface area contributed by atoms with Gasteiger partial charge >= 0.3 is 0 Å². The van der Waals surface area contributed by atoms with Gasteiger partial charge in [-0.15, -0.1) is 0 Å². The van der Waals surface area contributed by atoms with Gasteiger partial charge in [0.2, 0.25) is 5.95 Å². The summed E-state index contributed by atoms with van der Waals surface area (Å²) >= 11 is 6.08. The van der Waals surface area contributed by atoms with Crippen LogP contribution in [0.4, 0.5) is 17.5 Å². The van der Waals surface area contributed by atoms with Gasteiger partial charge in [-0.3, -0.25) is 0 Å². The predicted octanol–water partition coefficient (Wildman–Crippen LogP) is 4.63. The van der Waals surface area contributed by atoms with E-state index < -0.39 is 0 Å². The lowest BCUT2D eigenvalue weighted by Gasteiger charge is -2.11. The highest BCUT2D eigenvalue weighted by Crippen LogP contribution is 2.40. The van der Waals surface area contributed by atoms with Crippen molar-refractivity contribution in [2.75, 3.05) is 10.6 Å². The van der Waals surface area contributed by atoms with Crippen molar-refractivity contribution in [3.63, 3.8) is 0 Å².